The summed E-state index contributed by atoms with van der Waals surface area (Å²) >= 11 is 0. The summed E-state index contributed by atoms with van der Waals surface area (Å²) in [6, 6.07) is 47.6. The van der Waals surface area contributed by atoms with E-state index in [0.717, 1.165) is 43.1 Å². The molecule has 0 saturated heterocycles. The van der Waals surface area contributed by atoms with Crippen molar-refractivity contribution in [1.82, 2.24) is 0 Å². The highest BCUT2D eigenvalue weighted by Crippen LogP contribution is 2.56. The lowest BCUT2D eigenvalue weighted by molar-refractivity contribution is 0.315. The predicted octanol–water partition coefficient (Wildman–Crippen LogP) is 14.5. The van der Waals surface area contributed by atoms with Crippen LogP contribution < -0.4 is 20.4 Å². The fraction of sp³-hybridized carbons (Fsp3) is 0.270. The van der Waals surface area contributed by atoms with Crippen molar-refractivity contribution in [2.75, 3.05) is 9.80 Å². The van der Waals surface area contributed by atoms with Crippen molar-refractivity contribution >= 4 is 39.2 Å². The molecule has 3 aliphatic carbocycles. The van der Waals surface area contributed by atoms with Crippen LogP contribution in [-0.4, -0.2) is 12.0 Å². The third-order valence-electron chi connectivity index (χ3n) is 16.3. The molecule has 0 amide bonds. The molecule has 0 fully saturated rings. The molecule has 6 aliphatic rings. The molecule has 3 heterocycles. The summed E-state index contributed by atoms with van der Waals surface area (Å²) < 4.78 is 0. The van der Waals surface area contributed by atoms with E-state index in [0.29, 0.717) is 30.0 Å². The van der Waals surface area contributed by atoms with Crippen LogP contribution in [0.5, 0.6) is 0 Å². The number of benzene rings is 6. The molecular formula is C63H60N4. The number of hydrogen-bond acceptors (Lipinski definition) is 3. The molecule has 0 bridgehead atoms. The smallest absolute Gasteiger partial charge is 0.130 e. The van der Waals surface area contributed by atoms with Gasteiger partial charge >= 0.3 is 0 Å². The molecule has 1 N–H and O–H groups in total. The fourth-order valence-electron chi connectivity index (χ4n) is 12.9. The first-order valence-electron chi connectivity index (χ1n) is 24.9. The van der Waals surface area contributed by atoms with Gasteiger partial charge in [0.25, 0.3) is 0 Å². The van der Waals surface area contributed by atoms with E-state index < -0.39 is 0 Å². The Balaban J connectivity index is 0.985. The van der Waals surface area contributed by atoms with Gasteiger partial charge in [0.05, 0.1) is 17.1 Å². The van der Waals surface area contributed by atoms with Crippen LogP contribution in [0.25, 0.3) is 27.5 Å². The maximum atomic E-state index is 10.4. The van der Waals surface area contributed by atoms with Crippen molar-refractivity contribution in [1.29, 1.82) is 5.41 Å². The second-order valence-corrected chi connectivity index (χ2v) is 20.4. The van der Waals surface area contributed by atoms with Gasteiger partial charge in [-0.2, -0.15) is 0 Å². The third kappa shape index (κ3) is 6.93. The third-order valence-corrected chi connectivity index (χ3v) is 16.3. The van der Waals surface area contributed by atoms with Crippen molar-refractivity contribution in [2.24, 2.45) is 22.7 Å². The zero-order valence-electron chi connectivity index (χ0n) is 39.3. The van der Waals surface area contributed by atoms with Crippen LogP contribution in [0.15, 0.2) is 192 Å². The van der Waals surface area contributed by atoms with E-state index in [1.807, 2.05) is 0 Å². The van der Waals surface area contributed by atoms with Crippen molar-refractivity contribution in [2.45, 2.75) is 89.8 Å². The van der Waals surface area contributed by atoms with Crippen LogP contribution in [-0.2, 0) is 5.41 Å². The molecule has 67 heavy (non-hydrogen) atoms. The number of hydrogen-bond donors (Lipinski definition) is 1. The number of anilines is 3. The number of fused-ring (bicyclic) bond motifs is 8. The Kier molecular flexibility index (Phi) is 10.3. The van der Waals surface area contributed by atoms with Gasteiger partial charge in [0.2, 0.25) is 0 Å². The molecule has 0 radical (unpaired) electrons. The van der Waals surface area contributed by atoms with E-state index >= 15 is 0 Å². The molecule has 6 aromatic carbocycles. The summed E-state index contributed by atoms with van der Waals surface area (Å²) in [5, 5.41) is 15.2. The van der Waals surface area contributed by atoms with Crippen LogP contribution in [0, 0.1) is 23.2 Å². The van der Waals surface area contributed by atoms with Gasteiger partial charge in [-0.15, -0.1) is 0 Å². The van der Waals surface area contributed by atoms with Gasteiger partial charge in [0.1, 0.15) is 12.0 Å². The molecule has 332 valence electrons. The second-order valence-electron chi connectivity index (χ2n) is 20.4. The van der Waals surface area contributed by atoms with Crippen molar-refractivity contribution in [3.05, 3.63) is 220 Å². The molecule has 6 unspecified atom stereocenters. The van der Waals surface area contributed by atoms with Crippen molar-refractivity contribution < 1.29 is 0 Å². The summed E-state index contributed by atoms with van der Waals surface area (Å²) in [7, 11) is 0. The van der Waals surface area contributed by atoms with Crippen LogP contribution in [0.4, 0.5) is 17.1 Å². The standard InChI is InChI=1S/C63H60N4/c1-5-57-53-37-60-55(36-52(53)49-25-13-16-28-58(49)66(57)61(64)38-50(47-23-11-6-18-40(47)2)45-32-30-41-19-7-9-21-43(41)34-45)63(3,4)54-26-14-17-29-59(54)67(60)62-39-51(48-24-12-15-27-56(48)65-62)46-33-31-42-20-8-10-22-44(42)35-46/h6-10,12-22,24-34,36-37,40,44,47,50,57,62,64H,5,11,23,35,38-39H2,1-4H3. The Morgan fingerprint density at radius 2 is 1.55 bits per heavy atom. The zero-order chi connectivity index (χ0) is 45.4. The van der Waals surface area contributed by atoms with Gasteiger partial charge in [-0.3, -0.25) is 10.4 Å². The Morgan fingerprint density at radius 1 is 0.761 bits per heavy atom. The average Bonchev–Trinajstić information content (AvgIpc) is 3.37. The minimum absolute atomic E-state index is 0.0112. The highest BCUT2D eigenvalue weighted by molar-refractivity contribution is 6.04. The number of nitrogens with one attached hydrogen (secondary N) is 1. The number of rotatable bonds is 7. The van der Waals surface area contributed by atoms with E-state index in [9.17, 15) is 5.41 Å². The quantitative estimate of drug-likeness (QED) is 0.0986. The molecule has 3 aliphatic heterocycles. The minimum Gasteiger partial charge on any atom is -0.322 e. The topological polar surface area (TPSA) is 42.7 Å². The van der Waals surface area contributed by atoms with Gasteiger partial charge in [0, 0.05) is 46.3 Å². The molecule has 12 rings (SSSR count). The van der Waals surface area contributed by atoms with Crippen LogP contribution in [0.1, 0.15) is 100 Å². The number of amidine groups is 1. The summed E-state index contributed by atoms with van der Waals surface area (Å²) in [5.41, 5.74) is 15.4. The van der Waals surface area contributed by atoms with Gasteiger partial charge in [0.15, 0.2) is 0 Å². The lowest BCUT2D eigenvalue weighted by Crippen LogP contribution is -2.44. The fourth-order valence-corrected chi connectivity index (χ4v) is 12.9. The highest BCUT2D eigenvalue weighted by Gasteiger charge is 2.43. The number of para-hydroxylation sites is 3. The zero-order valence-corrected chi connectivity index (χ0v) is 39.3. The van der Waals surface area contributed by atoms with Gasteiger partial charge in [-0.25, -0.2) is 0 Å². The maximum absolute atomic E-state index is 10.4. The summed E-state index contributed by atoms with van der Waals surface area (Å²) in [4.78, 5) is 10.7. The second kappa shape index (κ2) is 16.5. The first-order chi connectivity index (χ1) is 32.8. The van der Waals surface area contributed by atoms with Gasteiger partial charge in [-0.05, 0) is 129 Å². The first-order valence-corrected chi connectivity index (χ1v) is 24.9. The molecule has 0 aromatic heterocycles. The van der Waals surface area contributed by atoms with Crippen molar-refractivity contribution in [3.8, 4) is 11.1 Å². The maximum Gasteiger partial charge on any atom is 0.130 e. The summed E-state index contributed by atoms with van der Waals surface area (Å²) in [6.45, 7) is 9.52. The number of nitrogens with zero attached hydrogens (tertiary/aromatic N) is 3. The Labute approximate surface area is 396 Å². The van der Waals surface area contributed by atoms with Crippen LogP contribution >= 0.6 is 0 Å². The Morgan fingerprint density at radius 3 is 2.42 bits per heavy atom. The summed E-state index contributed by atoms with van der Waals surface area (Å²) in [5.74, 6) is 2.20. The summed E-state index contributed by atoms with van der Waals surface area (Å²) in [6.07, 6.45) is 23.9. The lowest BCUT2D eigenvalue weighted by Gasteiger charge is -2.47. The highest BCUT2D eigenvalue weighted by atomic mass is 15.3. The molecule has 4 nitrogen and oxygen atoms in total. The van der Waals surface area contributed by atoms with Crippen LogP contribution in [0.2, 0.25) is 0 Å². The van der Waals surface area contributed by atoms with Gasteiger partial charge in [-0.1, -0.05) is 173 Å². The van der Waals surface area contributed by atoms with Crippen LogP contribution in [0.3, 0.4) is 0 Å². The van der Waals surface area contributed by atoms with E-state index in [2.05, 4.69) is 213 Å². The van der Waals surface area contributed by atoms with E-state index in [-0.39, 0.29) is 23.5 Å². The normalized spacial score (nSPS) is 23.4. The monoisotopic (exact) mass is 872 g/mol. The average molecular weight is 873 g/mol. The first kappa shape index (κ1) is 41.6. The SMILES string of the molecule is CCC1c2cc3c(cc2-c2ccccc2N1C(=N)CC(c1ccc2ccccc2c1)C1CCC=CC1C)C(C)(C)c1ccccc1N3C1CC(C2=CC=C3C=CC=CC3C2)=c2ccccc2=N1. The Hall–Kier alpha value is -6.78. The molecular weight excluding hydrogens is 813 g/mol. The minimum atomic E-state index is -0.261. The van der Waals surface area contributed by atoms with Gasteiger partial charge < -0.3 is 9.80 Å². The van der Waals surface area contributed by atoms with E-state index in [1.165, 1.54) is 77.5 Å². The molecule has 0 saturated carbocycles. The van der Waals surface area contributed by atoms with Crippen molar-refractivity contribution in [3.63, 3.8) is 0 Å². The molecule has 6 aromatic rings. The molecule has 6 atom stereocenters. The van der Waals surface area contributed by atoms with E-state index in [4.69, 9.17) is 4.99 Å². The number of allylic oxidation sites excluding steroid dienone is 10. The largest absolute Gasteiger partial charge is 0.322 e. The Bertz CT molecular complexity index is 3280. The predicted molar refractivity (Wildman–Crippen MR) is 280 cm³/mol. The lowest BCUT2D eigenvalue weighted by atomic mass is 9.70. The molecule has 0 spiro atoms. The molecule has 4 heteroatoms. The van der Waals surface area contributed by atoms with E-state index in [1.54, 1.807) is 0 Å².